The average molecular weight is 278 g/mol. The minimum atomic E-state index is -0.0826. The van der Waals surface area contributed by atoms with Gasteiger partial charge in [-0.05, 0) is 68.9 Å². The van der Waals surface area contributed by atoms with Gasteiger partial charge in [-0.2, -0.15) is 0 Å². The molecule has 0 amide bonds. The Labute approximate surface area is 122 Å². The van der Waals surface area contributed by atoms with Gasteiger partial charge in [-0.3, -0.25) is 4.90 Å². The number of nitrogens with one attached hydrogen (secondary N) is 1. The molecule has 1 N–H and O–H groups in total. The minimum Gasteiger partial charge on any atom is -0.317 e. The second-order valence-electron chi connectivity index (χ2n) is 6.01. The van der Waals surface area contributed by atoms with Crippen LogP contribution in [0.3, 0.4) is 0 Å². The van der Waals surface area contributed by atoms with Gasteiger partial charge in [0.05, 0.1) is 0 Å². The zero-order valence-electron chi connectivity index (χ0n) is 12.8. The van der Waals surface area contributed by atoms with E-state index in [1.165, 1.54) is 12.8 Å². The standard InChI is InChI=1S/C17H27FN2/c1-3-10-20(12-15-6-8-19-9-7-15)13-16-5-4-14(2)17(18)11-16/h4-5,11,15,19H,3,6-10,12-13H2,1-2H3. The van der Waals surface area contributed by atoms with Crippen LogP contribution in [0.4, 0.5) is 4.39 Å². The molecule has 0 spiro atoms. The van der Waals surface area contributed by atoms with Gasteiger partial charge in [-0.25, -0.2) is 4.39 Å². The van der Waals surface area contributed by atoms with E-state index in [1.807, 2.05) is 13.0 Å². The Morgan fingerprint density at radius 3 is 2.70 bits per heavy atom. The number of rotatable bonds is 6. The zero-order chi connectivity index (χ0) is 14.4. The van der Waals surface area contributed by atoms with E-state index in [9.17, 15) is 4.39 Å². The van der Waals surface area contributed by atoms with Crippen LogP contribution in [0, 0.1) is 18.7 Å². The number of nitrogens with zero attached hydrogens (tertiary/aromatic N) is 1. The third-order valence-corrected chi connectivity index (χ3v) is 4.16. The first kappa shape index (κ1) is 15.5. The second kappa shape index (κ2) is 7.75. The molecule has 112 valence electrons. The average Bonchev–Trinajstić information content (AvgIpc) is 2.44. The van der Waals surface area contributed by atoms with Crippen molar-refractivity contribution in [2.75, 3.05) is 26.2 Å². The van der Waals surface area contributed by atoms with Crippen LogP contribution >= 0.6 is 0 Å². The van der Waals surface area contributed by atoms with Gasteiger partial charge < -0.3 is 5.32 Å². The van der Waals surface area contributed by atoms with E-state index in [1.54, 1.807) is 6.07 Å². The molecule has 0 aliphatic carbocycles. The summed E-state index contributed by atoms with van der Waals surface area (Å²) in [6, 6.07) is 5.64. The van der Waals surface area contributed by atoms with Crippen LogP contribution < -0.4 is 5.32 Å². The molecule has 1 aliphatic heterocycles. The van der Waals surface area contributed by atoms with E-state index in [0.717, 1.165) is 56.2 Å². The highest BCUT2D eigenvalue weighted by molar-refractivity contribution is 5.23. The van der Waals surface area contributed by atoms with Crippen molar-refractivity contribution in [1.29, 1.82) is 0 Å². The van der Waals surface area contributed by atoms with Crippen LogP contribution in [-0.2, 0) is 6.54 Å². The smallest absolute Gasteiger partial charge is 0.126 e. The highest BCUT2D eigenvalue weighted by Gasteiger charge is 2.17. The monoisotopic (exact) mass is 278 g/mol. The third kappa shape index (κ3) is 4.57. The SMILES string of the molecule is CCCN(Cc1ccc(C)c(F)c1)CC1CCNCC1. The fraction of sp³-hybridized carbons (Fsp3) is 0.647. The van der Waals surface area contributed by atoms with Crippen molar-refractivity contribution in [3.8, 4) is 0 Å². The van der Waals surface area contributed by atoms with Gasteiger partial charge in [0.25, 0.3) is 0 Å². The highest BCUT2D eigenvalue weighted by atomic mass is 19.1. The molecule has 1 aromatic carbocycles. The van der Waals surface area contributed by atoms with Gasteiger partial charge in [-0.15, -0.1) is 0 Å². The molecule has 1 saturated heterocycles. The number of aryl methyl sites for hydroxylation is 1. The van der Waals surface area contributed by atoms with Crippen molar-refractivity contribution in [2.45, 2.75) is 39.7 Å². The van der Waals surface area contributed by atoms with E-state index in [-0.39, 0.29) is 5.82 Å². The predicted octanol–water partition coefficient (Wildman–Crippen LogP) is 3.35. The summed E-state index contributed by atoms with van der Waals surface area (Å²) < 4.78 is 13.6. The lowest BCUT2D eigenvalue weighted by Crippen LogP contribution is -2.36. The van der Waals surface area contributed by atoms with Crippen molar-refractivity contribution in [3.05, 3.63) is 35.1 Å². The molecule has 20 heavy (non-hydrogen) atoms. The second-order valence-corrected chi connectivity index (χ2v) is 6.01. The number of benzene rings is 1. The summed E-state index contributed by atoms with van der Waals surface area (Å²) >= 11 is 0. The molecule has 3 heteroatoms. The first-order valence-corrected chi connectivity index (χ1v) is 7.87. The van der Waals surface area contributed by atoms with Crippen molar-refractivity contribution in [3.63, 3.8) is 0 Å². The van der Waals surface area contributed by atoms with E-state index in [0.29, 0.717) is 0 Å². The van der Waals surface area contributed by atoms with E-state index < -0.39 is 0 Å². The van der Waals surface area contributed by atoms with Gasteiger partial charge >= 0.3 is 0 Å². The van der Waals surface area contributed by atoms with Crippen LogP contribution in [-0.4, -0.2) is 31.1 Å². The molecule has 0 bridgehead atoms. The van der Waals surface area contributed by atoms with Crippen LogP contribution in [0.5, 0.6) is 0 Å². The lowest BCUT2D eigenvalue weighted by molar-refractivity contribution is 0.198. The minimum absolute atomic E-state index is 0.0826. The highest BCUT2D eigenvalue weighted by Crippen LogP contribution is 2.17. The molecule has 0 aromatic heterocycles. The van der Waals surface area contributed by atoms with Gasteiger partial charge in [0.1, 0.15) is 5.82 Å². The Hall–Kier alpha value is -0.930. The molecule has 0 radical (unpaired) electrons. The number of hydrogen-bond acceptors (Lipinski definition) is 2. The van der Waals surface area contributed by atoms with Crippen molar-refractivity contribution in [2.24, 2.45) is 5.92 Å². The normalized spacial score (nSPS) is 16.8. The topological polar surface area (TPSA) is 15.3 Å². The molecule has 1 aromatic rings. The Bertz CT molecular complexity index is 413. The van der Waals surface area contributed by atoms with Crippen LogP contribution in [0.15, 0.2) is 18.2 Å². The van der Waals surface area contributed by atoms with Crippen LogP contribution in [0.25, 0.3) is 0 Å². The molecular formula is C17H27FN2. The summed E-state index contributed by atoms with van der Waals surface area (Å²) in [5.74, 6) is 0.707. The van der Waals surface area contributed by atoms with Gasteiger partial charge in [0.15, 0.2) is 0 Å². The molecule has 0 unspecified atom stereocenters. The zero-order valence-corrected chi connectivity index (χ0v) is 12.8. The summed E-state index contributed by atoms with van der Waals surface area (Å²) in [5.41, 5.74) is 1.82. The largest absolute Gasteiger partial charge is 0.317 e. The Morgan fingerprint density at radius 2 is 2.05 bits per heavy atom. The molecule has 1 heterocycles. The quantitative estimate of drug-likeness (QED) is 0.858. The Morgan fingerprint density at radius 1 is 1.30 bits per heavy atom. The molecular weight excluding hydrogens is 251 g/mol. The number of hydrogen-bond donors (Lipinski definition) is 1. The van der Waals surface area contributed by atoms with Crippen LogP contribution in [0.1, 0.15) is 37.3 Å². The summed E-state index contributed by atoms with van der Waals surface area (Å²) in [7, 11) is 0. The van der Waals surface area contributed by atoms with Gasteiger partial charge in [-0.1, -0.05) is 19.1 Å². The van der Waals surface area contributed by atoms with E-state index in [2.05, 4.69) is 23.2 Å². The molecule has 0 saturated carbocycles. The fourth-order valence-electron chi connectivity index (χ4n) is 2.97. The molecule has 1 aliphatic rings. The summed E-state index contributed by atoms with van der Waals surface area (Å²) in [6.45, 7) is 9.43. The van der Waals surface area contributed by atoms with Gasteiger partial charge in [0, 0.05) is 13.1 Å². The maximum Gasteiger partial charge on any atom is 0.126 e. The molecule has 1 fully saturated rings. The maximum absolute atomic E-state index is 13.6. The third-order valence-electron chi connectivity index (χ3n) is 4.16. The van der Waals surface area contributed by atoms with Crippen LogP contribution in [0.2, 0.25) is 0 Å². The van der Waals surface area contributed by atoms with E-state index in [4.69, 9.17) is 0 Å². The number of piperidine rings is 1. The predicted molar refractivity (Wildman–Crippen MR) is 82.3 cm³/mol. The first-order chi connectivity index (χ1) is 9.69. The fourth-order valence-corrected chi connectivity index (χ4v) is 2.97. The molecule has 2 rings (SSSR count). The summed E-state index contributed by atoms with van der Waals surface area (Å²) in [6.07, 6.45) is 3.68. The lowest BCUT2D eigenvalue weighted by Gasteiger charge is -2.30. The van der Waals surface area contributed by atoms with E-state index >= 15 is 0 Å². The number of halogens is 1. The molecule has 0 atom stereocenters. The van der Waals surface area contributed by atoms with Crippen molar-refractivity contribution >= 4 is 0 Å². The maximum atomic E-state index is 13.6. The van der Waals surface area contributed by atoms with Crippen molar-refractivity contribution in [1.82, 2.24) is 10.2 Å². The lowest BCUT2D eigenvalue weighted by atomic mass is 9.97. The first-order valence-electron chi connectivity index (χ1n) is 7.87. The Balaban J connectivity index is 1.94. The Kier molecular flexibility index (Phi) is 5.99. The molecule has 2 nitrogen and oxygen atoms in total. The summed E-state index contributed by atoms with van der Waals surface area (Å²) in [4.78, 5) is 2.49. The van der Waals surface area contributed by atoms with Crippen molar-refractivity contribution < 1.29 is 4.39 Å². The summed E-state index contributed by atoms with van der Waals surface area (Å²) in [5, 5.41) is 3.42. The van der Waals surface area contributed by atoms with Gasteiger partial charge in [0.2, 0.25) is 0 Å².